The van der Waals surface area contributed by atoms with E-state index in [1.807, 2.05) is 0 Å². The quantitative estimate of drug-likeness (QED) is 0.709. The molecule has 1 aliphatic rings. The van der Waals surface area contributed by atoms with Crippen molar-refractivity contribution in [3.8, 4) is 0 Å². The molecule has 1 rings (SSSR count). The molecule has 0 saturated carbocycles. The van der Waals surface area contributed by atoms with Crippen LogP contribution in [0.5, 0.6) is 0 Å². The smallest absolute Gasteiger partial charge is 0.00417 e. The molecule has 0 aromatic rings. The van der Waals surface area contributed by atoms with Gasteiger partial charge in [0.2, 0.25) is 0 Å². The van der Waals surface area contributed by atoms with Crippen LogP contribution in [-0.4, -0.2) is 24.1 Å². The second-order valence-corrected chi connectivity index (χ2v) is 6.45. The fourth-order valence-corrected chi connectivity index (χ4v) is 3.25. The van der Waals surface area contributed by atoms with Crippen LogP contribution in [0.15, 0.2) is 11.6 Å². The predicted molar refractivity (Wildman–Crippen MR) is 76.2 cm³/mol. The van der Waals surface area contributed by atoms with Gasteiger partial charge >= 0.3 is 0 Å². The SMILES string of the molecule is CC(C)=CCCC(C)NCC1CCSCC1. The second kappa shape index (κ2) is 8.19. The molecule has 1 atom stereocenters. The average Bonchev–Trinajstić information content (AvgIpc) is 2.27. The van der Waals surface area contributed by atoms with E-state index in [4.69, 9.17) is 0 Å². The van der Waals surface area contributed by atoms with Crippen LogP contribution >= 0.6 is 11.8 Å². The third kappa shape index (κ3) is 6.59. The maximum atomic E-state index is 3.69. The molecule has 0 aliphatic carbocycles. The fourth-order valence-electron chi connectivity index (χ4n) is 2.04. The molecule has 16 heavy (non-hydrogen) atoms. The van der Waals surface area contributed by atoms with Crippen molar-refractivity contribution < 1.29 is 0 Å². The van der Waals surface area contributed by atoms with Crippen molar-refractivity contribution in [2.24, 2.45) is 5.92 Å². The minimum atomic E-state index is 0.671. The zero-order chi connectivity index (χ0) is 11.8. The Labute approximate surface area is 105 Å². The highest BCUT2D eigenvalue weighted by molar-refractivity contribution is 7.99. The van der Waals surface area contributed by atoms with E-state index >= 15 is 0 Å². The molecular weight excluding hydrogens is 214 g/mol. The third-order valence-corrected chi connectivity index (χ3v) is 4.30. The molecule has 2 heteroatoms. The van der Waals surface area contributed by atoms with Gasteiger partial charge in [0.25, 0.3) is 0 Å². The number of nitrogens with one attached hydrogen (secondary N) is 1. The summed E-state index contributed by atoms with van der Waals surface area (Å²) >= 11 is 2.11. The van der Waals surface area contributed by atoms with Crippen LogP contribution in [0.3, 0.4) is 0 Å². The lowest BCUT2D eigenvalue weighted by Crippen LogP contribution is -2.32. The minimum absolute atomic E-state index is 0.671. The molecule has 1 heterocycles. The Morgan fingerprint density at radius 2 is 2.06 bits per heavy atom. The molecule has 0 radical (unpaired) electrons. The molecule has 1 saturated heterocycles. The number of hydrogen-bond donors (Lipinski definition) is 1. The van der Waals surface area contributed by atoms with Crippen molar-refractivity contribution in [3.05, 3.63) is 11.6 Å². The van der Waals surface area contributed by atoms with Crippen molar-refractivity contribution in [1.82, 2.24) is 5.32 Å². The third-order valence-electron chi connectivity index (χ3n) is 3.25. The van der Waals surface area contributed by atoms with Crippen LogP contribution in [0, 0.1) is 5.92 Å². The Hall–Kier alpha value is 0.0500. The first-order valence-electron chi connectivity index (χ1n) is 6.63. The first-order valence-corrected chi connectivity index (χ1v) is 7.78. The largest absolute Gasteiger partial charge is 0.314 e. The molecule has 1 aliphatic heterocycles. The van der Waals surface area contributed by atoms with Gasteiger partial charge in [-0.15, -0.1) is 0 Å². The summed E-state index contributed by atoms with van der Waals surface area (Å²) in [5, 5.41) is 3.69. The van der Waals surface area contributed by atoms with Gasteiger partial charge in [-0.25, -0.2) is 0 Å². The van der Waals surface area contributed by atoms with Crippen LogP contribution in [0.4, 0.5) is 0 Å². The maximum absolute atomic E-state index is 3.69. The summed E-state index contributed by atoms with van der Waals surface area (Å²) in [7, 11) is 0. The summed E-state index contributed by atoms with van der Waals surface area (Å²) in [6.07, 6.45) is 7.66. The average molecular weight is 241 g/mol. The van der Waals surface area contributed by atoms with E-state index < -0.39 is 0 Å². The van der Waals surface area contributed by atoms with Gasteiger partial charge in [-0.2, -0.15) is 11.8 Å². The van der Waals surface area contributed by atoms with E-state index in [1.54, 1.807) is 0 Å². The van der Waals surface area contributed by atoms with Crippen LogP contribution in [0.1, 0.15) is 46.5 Å². The summed E-state index contributed by atoms with van der Waals surface area (Å²) in [6.45, 7) is 7.91. The Morgan fingerprint density at radius 3 is 2.69 bits per heavy atom. The van der Waals surface area contributed by atoms with Crippen molar-refractivity contribution in [2.45, 2.75) is 52.5 Å². The van der Waals surface area contributed by atoms with Crippen molar-refractivity contribution in [2.75, 3.05) is 18.1 Å². The summed E-state index contributed by atoms with van der Waals surface area (Å²) in [6, 6.07) is 0.671. The lowest BCUT2D eigenvalue weighted by atomic mass is 10.0. The van der Waals surface area contributed by atoms with E-state index in [0.29, 0.717) is 6.04 Å². The molecule has 0 aromatic carbocycles. The normalized spacial score (nSPS) is 19.4. The maximum Gasteiger partial charge on any atom is 0.00417 e. The van der Waals surface area contributed by atoms with Gasteiger partial charge in [0, 0.05) is 6.04 Å². The Morgan fingerprint density at radius 1 is 1.38 bits per heavy atom. The van der Waals surface area contributed by atoms with Crippen LogP contribution in [0.25, 0.3) is 0 Å². The minimum Gasteiger partial charge on any atom is -0.314 e. The topological polar surface area (TPSA) is 12.0 Å². The van der Waals surface area contributed by atoms with Gasteiger partial charge < -0.3 is 5.32 Å². The van der Waals surface area contributed by atoms with Gasteiger partial charge in [-0.1, -0.05) is 11.6 Å². The summed E-state index contributed by atoms with van der Waals surface area (Å²) in [5.41, 5.74) is 1.44. The predicted octanol–water partition coefficient (Wildman–Crippen LogP) is 3.85. The monoisotopic (exact) mass is 241 g/mol. The van der Waals surface area contributed by atoms with Crippen LogP contribution in [-0.2, 0) is 0 Å². The number of allylic oxidation sites excluding steroid dienone is 2. The number of thioether (sulfide) groups is 1. The first-order chi connectivity index (χ1) is 7.68. The lowest BCUT2D eigenvalue weighted by molar-refractivity contribution is 0.407. The van der Waals surface area contributed by atoms with Crippen LogP contribution in [0.2, 0.25) is 0 Å². The van der Waals surface area contributed by atoms with Crippen molar-refractivity contribution >= 4 is 11.8 Å². The molecule has 1 unspecified atom stereocenters. The second-order valence-electron chi connectivity index (χ2n) is 5.22. The highest BCUT2D eigenvalue weighted by Gasteiger charge is 2.13. The Balaban J connectivity index is 2.04. The van der Waals surface area contributed by atoms with Gasteiger partial charge in [0.05, 0.1) is 0 Å². The first kappa shape index (κ1) is 14.1. The van der Waals surface area contributed by atoms with Gasteiger partial charge in [0.1, 0.15) is 0 Å². The molecule has 1 fully saturated rings. The van der Waals surface area contributed by atoms with Crippen LogP contribution < -0.4 is 5.32 Å². The summed E-state index contributed by atoms with van der Waals surface area (Å²) in [5.74, 6) is 3.68. The van der Waals surface area contributed by atoms with Crippen molar-refractivity contribution in [1.29, 1.82) is 0 Å². The highest BCUT2D eigenvalue weighted by atomic mass is 32.2. The summed E-state index contributed by atoms with van der Waals surface area (Å²) in [4.78, 5) is 0. The van der Waals surface area contributed by atoms with Gasteiger partial charge in [-0.3, -0.25) is 0 Å². The Bertz CT molecular complexity index is 203. The fraction of sp³-hybridized carbons (Fsp3) is 0.857. The van der Waals surface area contributed by atoms with E-state index in [1.165, 1.54) is 49.3 Å². The van der Waals surface area contributed by atoms with Gasteiger partial charge in [-0.05, 0) is 70.4 Å². The molecule has 1 nitrogen and oxygen atoms in total. The molecule has 0 bridgehead atoms. The Kier molecular flexibility index (Phi) is 7.22. The van der Waals surface area contributed by atoms with Gasteiger partial charge in [0.15, 0.2) is 0 Å². The highest BCUT2D eigenvalue weighted by Crippen LogP contribution is 2.22. The van der Waals surface area contributed by atoms with E-state index in [0.717, 1.165) is 5.92 Å². The zero-order valence-electron chi connectivity index (χ0n) is 11.1. The zero-order valence-corrected chi connectivity index (χ0v) is 11.9. The molecule has 94 valence electrons. The number of rotatable bonds is 6. The summed E-state index contributed by atoms with van der Waals surface area (Å²) < 4.78 is 0. The van der Waals surface area contributed by atoms with E-state index in [2.05, 4.69) is 43.9 Å². The lowest BCUT2D eigenvalue weighted by Gasteiger charge is -2.23. The van der Waals surface area contributed by atoms with E-state index in [-0.39, 0.29) is 0 Å². The standard InChI is InChI=1S/C14H27NS/c1-12(2)5-4-6-13(3)15-11-14-7-9-16-10-8-14/h5,13-15H,4,6-11H2,1-3H3. The molecular formula is C14H27NS. The molecule has 0 aromatic heterocycles. The number of hydrogen-bond acceptors (Lipinski definition) is 2. The molecule has 1 N–H and O–H groups in total. The molecule has 0 spiro atoms. The molecule has 0 amide bonds. The van der Waals surface area contributed by atoms with Crippen molar-refractivity contribution in [3.63, 3.8) is 0 Å². The van der Waals surface area contributed by atoms with E-state index in [9.17, 15) is 0 Å².